The summed E-state index contributed by atoms with van der Waals surface area (Å²) in [6, 6.07) is 28.2. The van der Waals surface area contributed by atoms with Crippen LogP contribution in [-0.2, 0) is 35.0 Å². The number of alkyl carbamates (subject to hydrolysis) is 1. The molecule has 1 fully saturated rings. The van der Waals surface area contributed by atoms with Gasteiger partial charge in [0.15, 0.2) is 6.23 Å². The number of carbonyl (C=O) groups is 4. The zero-order valence-electron chi connectivity index (χ0n) is 30.9. The number of phenolic OH excluding ortho intramolecular Hbond substituents is 1. The fourth-order valence-corrected chi connectivity index (χ4v) is 7.38. The van der Waals surface area contributed by atoms with Crippen LogP contribution in [0.3, 0.4) is 0 Å². The maximum absolute atomic E-state index is 14.9. The third kappa shape index (κ3) is 7.96. The number of rotatable bonds is 13. The van der Waals surface area contributed by atoms with E-state index in [1.165, 1.54) is 11.0 Å². The van der Waals surface area contributed by atoms with Gasteiger partial charge in [0.05, 0.1) is 12.7 Å². The Morgan fingerprint density at radius 1 is 0.796 bits per heavy atom. The molecule has 2 aliphatic rings. The van der Waals surface area contributed by atoms with E-state index in [2.05, 4.69) is 22.8 Å². The topological polar surface area (TPSA) is 143 Å². The average molecular weight is 734 g/mol. The van der Waals surface area contributed by atoms with Gasteiger partial charge in [0, 0.05) is 17.9 Å². The smallest absolute Gasteiger partial charge is 0.407 e. The molecule has 11 nitrogen and oxygen atoms in total. The van der Waals surface area contributed by atoms with Crippen LogP contribution >= 0.6 is 0 Å². The Bertz CT molecular complexity index is 1920. The second kappa shape index (κ2) is 17.0. The molecule has 3 unspecified atom stereocenters. The van der Waals surface area contributed by atoms with Crippen molar-refractivity contribution in [2.24, 2.45) is 5.92 Å². The van der Waals surface area contributed by atoms with Crippen LogP contribution < -0.4 is 10.6 Å². The first-order valence-electron chi connectivity index (χ1n) is 18.5. The minimum absolute atomic E-state index is 0.0490. The second-order valence-corrected chi connectivity index (χ2v) is 13.8. The van der Waals surface area contributed by atoms with E-state index in [4.69, 9.17) is 14.2 Å². The van der Waals surface area contributed by atoms with Crippen LogP contribution in [0.1, 0.15) is 68.5 Å². The average Bonchev–Trinajstić information content (AvgIpc) is 3.70. The number of amides is 3. The van der Waals surface area contributed by atoms with Gasteiger partial charge in [-0.2, -0.15) is 0 Å². The first kappa shape index (κ1) is 38.1. The van der Waals surface area contributed by atoms with Crippen molar-refractivity contribution in [3.8, 4) is 16.9 Å². The molecule has 1 heterocycles. The number of benzene rings is 4. The van der Waals surface area contributed by atoms with Crippen molar-refractivity contribution in [1.82, 2.24) is 15.5 Å². The Morgan fingerprint density at radius 2 is 1.39 bits per heavy atom. The molecule has 11 heteroatoms. The highest BCUT2D eigenvalue weighted by Gasteiger charge is 2.51. The number of hydrogen-bond acceptors (Lipinski definition) is 8. The normalized spacial score (nSPS) is 19.2. The van der Waals surface area contributed by atoms with Crippen molar-refractivity contribution in [2.45, 2.75) is 76.9 Å². The Hall–Kier alpha value is -5.68. The lowest BCUT2D eigenvalue weighted by molar-refractivity contribution is -0.149. The van der Waals surface area contributed by atoms with E-state index in [1.54, 1.807) is 32.0 Å². The highest BCUT2D eigenvalue weighted by atomic mass is 16.6. The zero-order valence-corrected chi connectivity index (χ0v) is 30.9. The molecule has 282 valence electrons. The van der Waals surface area contributed by atoms with Gasteiger partial charge in [-0.3, -0.25) is 14.5 Å². The molecule has 54 heavy (non-hydrogen) atoms. The molecule has 6 rings (SSSR count). The van der Waals surface area contributed by atoms with Crippen LogP contribution in [0.4, 0.5) is 4.79 Å². The van der Waals surface area contributed by atoms with Crippen molar-refractivity contribution in [3.63, 3.8) is 0 Å². The van der Waals surface area contributed by atoms with Gasteiger partial charge in [0.25, 0.3) is 0 Å². The molecule has 4 aromatic carbocycles. The molecule has 3 N–H and O–H groups in total. The van der Waals surface area contributed by atoms with Gasteiger partial charge in [-0.25, -0.2) is 9.59 Å². The second-order valence-electron chi connectivity index (χ2n) is 13.8. The predicted octanol–water partition coefficient (Wildman–Crippen LogP) is 6.25. The molecule has 1 aliphatic heterocycles. The largest absolute Gasteiger partial charge is 0.507 e. The molecule has 6 atom stereocenters. The summed E-state index contributed by atoms with van der Waals surface area (Å²) in [6.45, 7) is 7.22. The Morgan fingerprint density at radius 3 is 2.00 bits per heavy atom. The lowest BCUT2D eigenvalue weighted by Crippen LogP contribution is -2.59. The van der Waals surface area contributed by atoms with Gasteiger partial charge in [-0.1, -0.05) is 117 Å². The minimum atomic E-state index is -1.24. The first-order chi connectivity index (χ1) is 26.1. The molecule has 1 aliphatic carbocycles. The lowest BCUT2D eigenvalue weighted by Gasteiger charge is -2.34. The first-order valence-corrected chi connectivity index (χ1v) is 18.5. The van der Waals surface area contributed by atoms with E-state index >= 15 is 0 Å². The number of aromatic hydroxyl groups is 1. The van der Waals surface area contributed by atoms with Crippen molar-refractivity contribution in [1.29, 1.82) is 0 Å². The maximum Gasteiger partial charge on any atom is 0.407 e. The van der Waals surface area contributed by atoms with E-state index in [-0.39, 0.29) is 36.9 Å². The van der Waals surface area contributed by atoms with Crippen molar-refractivity contribution >= 4 is 23.9 Å². The molecular formula is C43H47N3O8. The Balaban J connectivity index is 1.27. The van der Waals surface area contributed by atoms with Gasteiger partial charge >= 0.3 is 12.1 Å². The van der Waals surface area contributed by atoms with Gasteiger partial charge < -0.3 is 30.0 Å². The minimum Gasteiger partial charge on any atom is -0.507 e. The van der Waals surface area contributed by atoms with E-state index in [9.17, 15) is 24.3 Å². The summed E-state index contributed by atoms with van der Waals surface area (Å²) < 4.78 is 17.4. The third-order valence-corrected chi connectivity index (χ3v) is 10.3. The summed E-state index contributed by atoms with van der Waals surface area (Å²) in [5.41, 5.74) is 5.35. The van der Waals surface area contributed by atoms with Gasteiger partial charge in [-0.15, -0.1) is 0 Å². The molecule has 1 saturated heterocycles. The number of esters is 1. The molecule has 0 bridgehead atoms. The maximum atomic E-state index is 14.9. The SMILES string of the molecule is CCOC(=O)[C@H](Cc1ccccc1)NC(=O)C1C(C)OC(c2ccccc2O)N1C(=O)[C@@H](NC(=O)OCC1c2ccccc2-c2ccccc21)[C@@H](C)CC. The molecule has 0 radical (unpaired) electrons. The van der Waals surface area contributed by atoms with E-state index in [0.29, 0.717) is 6.42 Å². The predicted molar refractivity (Wildman–Crippen MR) is 202 cm³/mol. The fraction of sp³-hybridized carbons (Fsp3) is 0.349. The number of nitrogens with zero attached hydrogens (tertiary/aromatic N) is 1. The number of carbonyl (C=O) groups excluding carboxylic acids is 4. The highest BCUT2D eigenvalue weighted by Crippen LogP contribution is 2.44. The van der Waals surface area contributed by atoms with Crippen LogP contribution in [0.15, 0.2) is 103 Å². The summed E-state index contributed by atoms with van der Waals surface area (Å²) in [5, 5.41) is 16.5. The molecule has 0 spiro atoms. The van der Waals surface area contributed by atoms with Crippen LogP contribution in [0.25, 0.3) is 11.1 Å². The quantitative estimate of drug-likeness (QED) is 0.137. The summed E-state index contributed by atoms with van der Waals surface area (Å²) in [4.78, 5) is 57.2. The molecule has 4 aromatic rings. The van der Waals surface area contributed by atoms with Gasteiger partial charge in [0.1, 0.15) is 30.5 Å². The lowest BCUT2D eigenvalue weighted by atomic mass is 9.96. The fourth-order valence-electron chi connectivity index (χ4n) is 7.38. The summed E-state index contributed by atoms with van der Waals surface area (Å²) in [5.74, 6) is -2.58. The molecule has 0 saturated carbocycles. The molecule has 0 aromatic heterocycles. The highest BCUT2D eigenvalue weighted by molar-refractivity contribution is 5.94. The number of nitrogens with one attached hydrogen (secondary N) is 2. The van der Waals surface area contributed by atoms with Gasteiger partial charge in [0.2, 0.25) is 11.8 Å². The Labute approximate surface area is 315 Å². The van der Waals surface area contributed by atoms with Crippen molar-refractivity contribution in [3.05, 3.63) is 125 Å². The van der Waals surface area contributed by atoms with E-state index in [1.807, 2.05) is 80.6 Å². The zero-order chi connectivity index (χ0) is 38.4. The number of ether oxygens (including phenoxy) is 3. The van der Waals surface area contributed by atoms with Crippen LogP contribution in [0.5, 0.6) is 5.75 Å². The van der Waals surface area contributed by atoms with Crippen LogP contribution in [0.2, 0.25) is 0 Å². The van der Waals surface area contributed by atoms with Crippen molar-refractivity contribution in [2.75, 3.05) is 13.2 Å². The standard InChI is InChI=1S/C43H47N3O8/c1-5-26(3)37(45-43(51)53-25-34-31-20-12-10-18-29(31)30-19-11-13-21-32(30)34)40(49)46-38(27(4)54-41(46)33-22-14-15-23-36(33)47)39(48)44-35(42(50)52-6-2)24-28-16-8-7-9-17-28/h7-23,26-27,34-35,37-38,41,47H,5-6,24-25H2,1-4H3,(H,44,48)(H,45,51)/t26-,27?,35-,37-,38?,41?/m0/s1. The summed E-state index contributed by atoms with van der Waals surface area (Å²) >= 11 is 0. The summed E-state index contributed by atoms with van der Waals surface area (Å²) in [7, 11) is 0. The van der Waals surface area contributed by atoms with E-state index < -0.39 is 60.3 Å². The third-order valence-electron chi connectivity index (χ3n) is 10.3. The molecular weight excluding hydrogens is 686 g/mol. The van der Waals surface area contributed by atoms with Gasteiger partial charge in [-0.05, 0) is 53.6 Å². The van der Waals surface area contributed by atoms with Crippen LogP contribution in [-0.4, -0.2) is 71.3 Å². The molecule has 3 amide bonds. The van der Waals surface area contributed by atoms with Crippen molar-refractivity contribution < 1.29 is 38.5 Å². The van der Waals surface area contributed by atoms with E-state index in [0.717, 1.165) is 27.8 Å². The summed E-state index contributed by atoms with van der Waals surface area (Å²) in [6.07, 6.45) is -2.18. The number of hydrogen-bond donors (Lipinski definition) is 3. The number of para-hydroxylation sites is 1. The number of phenols is 1. The Kier molecular flexibility index (Phi) is 12.0. The number of fused-ring (bicyclic) bond motifs is 3. The monoisotopic (exact) mass is 733 g/mol. The van der Waals surface area contributed by atoms with Crippen LogP contribution in [0, 0.1) is 5.92 Å².